The van der Waals surface area contributed by atoms with Gasteiger partial charge in [-0.05, 0) is 12.1 Å². The number of aryl methyl sites for hydroxylation is 1. The van der Waals surface area contributed by atoms with Crippen molar-refractivity contribution in [2.75, 3.05) is 24.8 Å². The Morgan fingerprint density at radius 1 is 1.06 bits per heavy atom. The third kappa shape index (κ3) is 4.66. The van der Waals surface area contributed by atoms with Crippen LogP contribution in [0.4, 0.5) is 27.5 Å². The van der Waals surface area contributed by atoms with Gasteiger partial charge >= 0.3 is 0 Å². The van der Waals surface area contributed by atoms with E-state index >= 15 is 0 Å². The lowest BCUT2D eigenvalue weighted by molar-refractivity contribution is 0.0958. The summed E-state index contributed by atoms with van der Waals surface area (Å²) in [4.78, 5) is 25.0. The Morgan fingerprint density at radius 2 is 1.88 bits per heavy atom. The molecule has 1 amide bonds. The predicted molar refractivity (Wildman–Crippen MR) is 117 cm³/mol. The molecule has 4 aromatic rings. The van der Waals surface area contributed by atoms with Crippen LogP contribution in [0, 0.1) is 5.82 Å². The summed E-state index contributed by atoms with van der Waals surface area (Å²) in [5.41, 5.74) is 0.891. The summed E-state index contributed by atoms with van der Waals surface area (Å²) in [7, 11) is 4.72. The van der Waals surface area contributed by atoms with E-state index in [1.165, 1.54) is 38.6 Å². The largest absolute Gasteiger partial charge is 0.492 e. The number of hydrogen-bond donors (Lipinski definition) is 3. The fourth-order valence-corrected chi connectivity index (χ4v) is 2.95. The van der Waals surface area contributed by atoms with E-state index in [0.29, 0.717) is 23.0 Å². The summed E-state index contributed by atoms with van der Waals surface area (Å²) >= 11 is 0. The fourth-order valence-electron chi connectivity index (χ4n) is 2.95. The predicted octanol–water partition coefficient (Wildman–Crippen LogP) is 2.06. The molecule has 0 saturated carbocycles. The lowest BCUT2D eigenvalue weighted by atomic mass is 10.2. The first-order valence-electron chi connectivity index (χ1n) is 9.63. The van der Waals surface area contributed by atoms with Gasteiger partial charge in [0.25, 0.3) is 5.91 Å². The van der Waals surface area contributed by atoms with Crippen LogP contribution in [0.15, 0.2) is 43.0 Å². The SMILES string of the molecule is CNC(=O)c1nnc(Nc2cc(F)ccn2)cc1Nc1nccc(-c2ncn(C)n2)c1OC. The number of hydrogen-bond acceptors (Lipinski definition) is 10. The first-order valence-corrected chi connectivity index (χ1v) is 9.63. The maximum absolute atomic E-state index is 13.5. The number of amides is 1. The highest BCUT2D eigenvalue weighted by atomic mass is 19.1. The molecule has 0 aliphatic rings. The van der Waals surface area contributed by atoms with Crippen molar-refractivity contribution in [1.29, 1.82) is 0 Å². The molecule has 0 fully saturated rings. The molecule has 13 heteroatoms. The summed E-state index contributed by atoms with van der Waals surface area (Å²) < 4.78 is 20.6. The molecule has 12 nitrogen and oxygen atoms in total. The molecule has 4 aromatic heterocycles. The lowest BCUT2D eigenvalue weighted by Gasteiger charge is -2.15. The van der Waals surface area contributed by atoms with E-state index in [1.807, 2.05) is 0 Å². The molecular formula is C20H19FN10O2. The molecule has 0 atom stereocenters. The number of pyridine rings is 2. The zero-order valence-electron chi connectivity index (χ0n) is 17.9. The molecular weight excluding hydrogens is 431 g/mol. The van der Waals surface area contributed by atoms with E-state index in [-0.39, 0.29) is 23.0 Å². The Hall–Kier alpha value is -4.68. The number of methoxy groups -OCH3 is 1. The van der Waals surface area contributed by atoms with Crippen molar-refractivity contribution >= 4 is 29.0 Å². The van der Waals surface area contributed by atoms with Gasteiger partial charge in [0.2, 0.25) is 0 Å². The summed E-state index contributed by atoms with van der Waals surface area (Å²) in [5, 5.41) is 20.7. The maximum Gasteiger partial charge on any atom is 0.273 e. The van der Waals surface area contributed by atoms with E-state index in [4.69, 9.17) is 4.74 Å². The van der Waals surface area contributed by atoms with Gasteiger partial charge in [-0.15, -0.1) is 10.2 Å². The van der Waals surface area contributed by atoms with Crippen molar-refractivity contribution in [3.05, 3.63) is 54.5 Å². The number of carbonyl (C=O) groups excluding carboxylic acids is 1. The molecule has 0 spiro atoms. The number of carbonyl (C=O) groups is 1. The van der Waals surface area contributed by atoms with Gasteiger partial charge in [0.05, 0.1) is 18.4 Å². The highest BCUT2D eigenvalue weighted by Crippen LogP contribution is 2.35. The summed E-state index contributed by atoms with van der Waals surface area (Å²) in [6.07, 6.45) is 4.44. The average Bonchev–Trinajstić information content (AvgIpc) is 3.25. The first kappa shape index (κ1) is 21.5. The number of nitrogens with one attached hydrogen (secondary N) is 3. The number of halogens is 1. The minimum Gasteiger partial charge on any atom is -0.492 e. The highest BCUT2D eigenvalue weighted by Gasteiger charge is 2.20. The Bertz CT molecular complexity index is 1310. The fraction of sp³-hybridized carbons (Fsp3) is 0.150. The summed E-state index contributed by atoms with van der Waals surface area (Å²) in [6, 6.07) is 5.67. The van der Waals surface area contributed by atoms with Crippen LogP contribution in [0.25, 0.3) is 11.4 Å². The van der Waals surface area contributed by atoms with E-state index in [1.54, 1.807) is 30.3 Å². The zero-order chi connectivity index (χ0) is 23.4. The Kier molecular flexibility index (Phi) is 6.02. The van der Waals surface area contributed by atoms with Gasteiger partial charge in [0.15, 0.2) is 28.9 Å². The van der Waals surface area contributed by atoms with Gasteiger partial charge in [-0.25, -0.2) is 19.3 Å². The van der Waals surface area contributed by atoms with Gasteiger partial charge in [-0.1, -0.05) is 0 Å². The van der Waals surface area contributed by atoms with Gasteiger partial charge in [-0.2, -0.15) is 5.10 Å². The number of anilines is 4. The topological polar surface area (TPSA) is 145 Å². The van der Waals surface area contributed by atoms with Crippen molar-refractivity contribution in [2.24, 2.45) is 7.05 Å². The van der Waals surface area contributed by atoms with Crippen LogP contribution in [0.5, 0.6) is 5.75 Å². The van der Waals surface area contributed by atoms with E-state index < -0.39 is 11.7 Å². The molecule has 0 aliphatic heterocycles. The molecule has 0 radical (unpaired) electrons. The average molecular weight is 450 g/mol. The van der Waals surface area contributed by atoms with Crippen molar-refractivity contribution < 1.29 is 13.9 Å². The first-order chi connectivity index (χ1) is 16.0. The van der Waals surface area contributed by atoms with Crippen LogP contribution >= 0.6 is 0 Å². The van der Waals surface area contributed by atoms with Crippen LogP contribution in [-0.4, -0.2) is 55.0 Å². The van der Waals surface area contributed by atoms with Crippen molar-refractivity contribution in [3.63, 3.8) is 0 Å². The molecule has 0 aromatic carbocycles. The van der Waals surface area contributed by atoms with Crippen LogP contribution in [0.2, 0.25) is 0 Å². The molecule has 168 valence electrons. The molecule has 33 heavy (non-hydrogen) atoms. The number of nitrogens with zero attached hydrogens (tertiary/aromatic N) is 7. The minimum absolute atomic E-state index is 0.0143. The minimum atomic E-state index is -0.470. The van der Waals surface area contributed by atoms with Crippen LogP contribution in [0.1, 0.15) is 10.5 Å². The molecule has 0 saturated heterocycles. The lowest BCUT2D eigenvalue weighted by Crippen LogP contribution is -2.21. The zero-order valence-corrected chi connectivity index (χ0v) is 17.9. The molecule has 0 bridgehead atoms. The van der Waals surface area contributed by atoms with Gasteiger partial charge in [0, 0.05) is 38.6 Å². The van der Waals surface area contributed by atoms with Gasteiger partial charge in [-0.3, -0.25) is 9.48 Å². The highest BCUT2D eigenvalue weighted by molar-refractivity contribution is 5.98. The van der Waals surface area contributed by atoms with Gasteiger partial charge < -0.3 is 20.7 Å². The molecule has 0 unspecified atom stereocenters. The maximum atomic E-state index is 13.5. The quantitative estimate of drug-likeness (QED) is 0.382. The molecule has 0 aliphatic carbocycles. The second-order valence-corrected chi connectivity index (χ2v) is 6.66. The van der Waals surface area contributed by atoms with Crippen LogP contribution in [-0.2, 0) is 7.05 Å². The van der Waals surface area contributed by atoms with E-state index in [9.17, 15) is 9.18 Å². The Balaban J connectivity index is 1.73. The number of rotatable bonds is 7. The van der Waals surface area contributed by atoms with Gasteiger partial charge in [0.1, 0.15) is 18.0 Å². The molecule has 3 N–H and O–H groups in total. The summed E-state index contributed by atoms with van der Waals surface area (Å²) in [5.74, 6) is 0.627. The molecule has 4 rings (SSSR count). The standard InChI is InChI=1S/C20H19FN10O2/c1-22-20(32)16-13(9-15(28-29-16)27-14-8-11(21)4-6-23-14)26-19-17(33-3)12(5-7-24-19)18-25-10-31(2)30-18/h4-10H,1-3H3,(H,22,32)(H2,23,24,26,27,28). The van der Waals surface area contributed by atoms with E-state index in [2.05, 4.69) is 46.2 Å². The third-order valence-corrected chi connectivity index (χ3v) is 4.42. The van der Waals surface area contributed by atoms with Crippen molar-refractivity contribution in [2.45, 2.75) is 0 Å². The van der Waals surface area contributed by atoms with E-state index in [0.717, 1.165) is 0 Å². The van der Waals surface area contributed by atoms with Crippen molar-refractivity contribution in [1.82, 2.24) is 40.2 Å². The summed E-state index contributed by atoms with van der Waals surface area (Å²) in [6.45, 7) is 0. The Morgan fingerprint density at radius 3 is 2.58 bits per heavy atom. The van der Waals surface area contributed by atoms with Crippen LogP contribution in [0.3, 0.4) is 0 Å². The second kappa shape index (κ2) is 9.21. The monoisotopic (exact) mass is 450 g/mol. The number of ether oxygens (including phenoxy) is 1. The normalized spacial score (nSPS) is 10.5. The smallest absolute Gasteiger partial charge is 0.273 e. The van der Waals surface area contributed by atoms with Crippen LogP contribution < -0.4 is 20.7 Å². The second-order valence-electron chi connectivity index (χ2n) is 6.66. The third-order valence-electron chi connectivity index (χ3n) is 4.42. The number of aromatic nitrogens is 7. The Labute approximate surface area is 187 Å². The van der Waals surface area contributed by atoms with Crippen molar-refractivity contribution in [3.8, 4) is 17.1 Å². The molecule has 4 heterocycles.